The molecule has 0 radical (unpaired) electrons. The number of benzene rings is 2. The van der Waals surface area contributed by atoms with E-state index in [1.807, 2.05) is 24.3 Å². The predicted octanol–water partition coefficient (Wildman–Crippen LogP) is 5.25. The maximum Gasteiger partial charge on any atom is 0.250 e. The first-order valence-corrected chi connectivity index (χ1v) is 12.3. The van der Waals surface area contributed by atoms with Gasteiger partial charge in [-0.1, -0.05) is 20.8 Å². The molecule has 2 aromatic rings. The van der Waals surface area contributed by atoms with Crippen LogP contribution in [0.25, 0.3) is 0 Å². The SMILES string of the molecule is COc1cc(C=NN=Cc2ccc(O[Si](C)(C)C(C)(C)C)cc2)cc(OC)c1O. The van der Waals surface area contributed by atoms with Crippen molar-refractivity contribution in [3.63, 3.8) is 0 Å². The van der Waals surface area contributed by atoms with Crippen LogP contribution in [0.5, 0.6) is 23.0 Å². The third-order valence-corrected chi connectivity index (χ3v) is 9.40. The van der Waals surface area contributed by atoms with Gasteiger partial charge in [-0.05, 0) is 60.1 Å². The van der Waals surface area contributed by atoms with E-state index in [1.54, 1.807) is 24.6 Å². The van der Waals surface area contributed by atoms with E-state index in [0.717, 1.165) is 11.3 Å². The van der Waals surface area contributed by atoms with Crippen molar-refractivity contribution in [3.05, 3.63) is 47.5 Å². The van der Waals surface area contributed by atoms with E-state index in [1.165, 1.54) is 14.2 Å². The Morgan fingerprint density at radius 1 is 0.862 bits per heavy atom. The molecule has 0 spiro atoms. The topological polar surface area (TPSA) is 72.6 Å². The lowest BCUT2D eigenvalue weighted by Gasteiger charge is -2.36. The molecule has 0 bridgehead atoms. The first kappa shape index (κ1) is 22.5. The van der Waals surface area contributed by atoms with Crippen LogP contribution < -0.4 is 13.9 Å². The number of rotatable bonds is 7. The molecule has 1 N–H and O–H groups in total. The molecule has 0 atom stereocenters. The summed E-state index contributed by atoms with van der Waals surface area (Å²) in [5, 5.41) is 18.2. The van der Waals surface area contributed by atoms with Gasteiger partial charge < -0.3 is 19.0 Å². The molecule has 0 aromatic heterocycles. The van der Waals surface area contributed by atoms with Crippen LogP contribution >= 0.6 is 0 Å². The van der Waals surface area contributed by atoms with Gasteiger partial charge in [-0.3, -0.25) is 0 Å². The van der Waals surface area contributed by atoms with Crippen LogP contribution in [0, 0.1) is 0 Å². The van der Waals surface area contributed by atoms with Gasteiger partial charge in [0.05, 0.1) is 26.6 Å². The second kappa shape index (κ2) is 9.13. The molecule has 0 heterocycles. The van der Waals surface area contributed by atoms with Crippen LogP contribution in [0.1, 0.15) is 31.9 Å². The largest absolute Gasteiger partial charge is 0.544 e. The Morgan fingerprint density at radius 2 is 1.34 bits per heavy atom. The lowest BCUT2D eigenvalue weighted by Crippen LogP contribution is -2.43. The summed E-state index contributed by atoms with van der Waals surface area (Å²) in [6, 6.07) is 11.1. The van der Waals surface area contributed by atoms with Crippen molar-refractivity contribution in [2.24, 2.45) is 10.2 Å². The van der Waals surface area contributed by atoms with Crippen LogP contribution in [-0.2, 0) is 0 Å². The standard InChI is InChI=1S/C22H30N2O4Si/c1-22(2,3)29(6,7)28-18-10-8-16(9-11-18)14-23-24-15-17-12-19(26-4)21(25)20(13-17)27-5/h8-15,25H,1-7H3. The van der Waals surface area contributed by atoms with Crippen LogP contribution in [0.4, 0.5) is 0 Å². The minimum absolute atomic E-state index is 0.0457. The zero-order valence-electron chi connectivity index (χ0n) is 18.2. The second-order valence-electron chi connectivity index (χ2n) is 8.19. The summed E-state index contributed by atoms with van der Waals surface area (Å²) in [6.07, 6.45) is 3.23. The highest BCUT2D eigenvalue weighted by Gasteiger charge is 2.38. The molecule has 0 aliphatic carbocycles. The number of phenols is 1. The van der Waals surface area contributed by atoms with E-state index < -0.39 is 8.32 Å². The summed E-state index contributed by atoms with van der Waals surface area (Å²) in [5.41, 5.74) is 1.62. The molecule has 2 aromatic carbocycles. The fourth-order valence-electron chi connectivity index (χ4n) is 2.26. The van der Waals surface area contributed by atoms with Crippen molar-refractivity contribution in [1.82, 2.24) is 0 Å². The molecule has 2 rings (SSSR count). The molecule has 0 aliphatic heterocycles. The van der Waals surface area contributed by atoms with Gasteiger partial charge in [0.2, 0.25) is 14.1 Å². The Labute approximate surface area is 174 Å². The molecule has 29 heavy (non-hydrogen) atoms. The van der Waals surface area contributed by atoms with Gasteiger partial charge >= 0.3 is 0 Å². The lowest BCUT2D eigenvalue weighted by atomic mass is 10.2. The molecule has 0 aliphatic rings. The maximum atomic E-state index is 9.94. The number of hydrogen-bond donors (Lipinski definition) is 1. The highest BCUT2D eigenvalue weighted by Crippen LogP contribution is 2.37. The molecule has 156 valence electrons. The van der Waals surface area contributed by atoms with E-state index in [2.05, 4.69) is 44.1 Å². The highest BCUT2D eigenvalue weighted by molar-refractivity contribution is 6.74. The highest BCUT2D eigenvalue weighted by atomic mass is 28.4. The van der Waals surface area contributed by atoms with Crippen molar-refractivity contribution < 1.29 is 19.0 Å². The zero-order valence-corrected chi connectivity index (χ0v) is 19.2. The summed E-state index contributed by atoms with van der Waals surface area (Å²) >= 11 is 0. The zero-order chi connectivity index (χ0) is 21.7. The maximum absolute atomic E-state index is 9.94. The van der Waals surface area contributed by atoms with Crippen molar-refractivity contribution in [2.45, 2.75) is 38.9 Å². The van der Waals surface area contributed by atoms with Crippen molar-refractivity contribution in [2.75, 3.05) is 14.2 Å². The lowest BCUT2D eigenvalue weighted by molar-refractivity contribution is 0.340. The molecule has 0 unspecified atom stereocenters. The summed E-state index contributed by atoms with van der Waals surface area (Å²) in [7, 11) is 1.11. The number of nitrogens with zero attached hydrogens (tertiary/aromatic N) is 2. The van der Waals surface area contributed by atoms with E-state index in [0.29, 0.717) is 17.1 Å². The van der Waals surface area contributed by atoms with E-state index in [4.69, 9.17) is 13.9 Å². The summed E-state index contributed by atoms with van der Waals surface area (Å²) in [5.74, 6) is 1.45. The van der Waals surface area contributed by atoms with E-state index in [9.17, 15) is 5.11 Å². The number of ether oxygens (including phenoxy) is 2. The van der Waals surface area contributed by atoms with Gasteiger partial charge in [-0.2, -0.15) is 10.2 Å². The molecule has 7 heteroatoms. The Bertz CT molecular complexity index is 860. The van der Waals surface area contributed by atoms with Crippen LogP contribution in [0.3, 0.4) is 0 Å². The summed E-state index contributed by atoms with van der Waals surface area (Å²) in [4.78, 5) is 0. The Balaban J connectivity index is 2.06. The van der Waals surface area contributed by atoms with Gasteiger partial charge in [-0.25, -0.2) is 0 Å². The first-order chi connectivity index (χ1) is 13.6. The fraction of sp³-hybridized carbons (Fsp3) is 0.364. The molecular formula is C22H30N2O4Si. The normalized spacial score (nSPS) is 12.5. The van der Waals surface area contributed by atoms with E-state index in [-0.39, 0.29) is 10.8 Å². The molecule has 0 fully saturated rings. The number of aromatic hydroxyl groups is 1. The molecular weight excluding hydrogens is 384 g/mol. The minimum Gasteiger partial charge on any atom is -0.544 e. The fourth-order valence-corrected chi connectivity index (χ4v) is 3.29. The number of methoxy groups -OCH3 is 2. The number of hydrogen-bond acceptors (Lipinski definition) is 6. The van der Waals surface area contributed by atoms with Crippen LogP contribution in [-0.4, -0.2) is 40.1 Å². The number of phenolic OH excluding ortho intramolecular Hbond substituents is 1. The quantitative estimate of drug-likeness (QED) is 0.382. The summed E-state index contributed by atoms with van der Waals surface area (Å²) < 4.78 is 16.5. The predicted molar refractivity (Wildman–Crippen MR) is 121 cm³/mol. The Kier molecular flexibility index (Phi) is 7.08. The average Bonchev–Trinajstić information content (AvgIpc) is 2.66. The minimum atomic E-state index is -1.85. The van der Waals surface area contributed by atoms with Gasteiger partial charge in [0.15, 0.2) is 11.5 Å². The van der Waals surface area contributed by atoms with Crippen LogP contribution in [0.2, 0.25) is 18.1 Å². The van der Waals surface area contributed by atoms with Crippen LogP contribution in [0.15, 0.2) is 46.6 Å². The monoisotopic (exact) mass is 414 g/mol. The summed E-state index contributed by atoms with van der Waals surface area (Å²) in [6.45, 7) is 11.1. The third-order valence-electron chi connectivity index (χ3n) is 5.04. The second-order valence-corrected chi connectivity index (χ2v) is 12.9. The van der Waals surface area contributed by atoms with Gasteiger partial charge in [-0.15, -0.1) is 0 Å². The third kappa shape index (κ3) is 5.84. The van der Waals surface area contributed by atoms with Gasteiger partial charge in [0.25, 0.3) is 0 Å². The Morgan fingerprint density at radius 3 is 1.79 bits per heavy atom. The molecule has 0 amide bonds. The van der Waals surface area contributed by atoms with Gasteiger partial charge in [0.1, 0.15) is 5.75 Å². The average molecular weight is 415 g/mol. The van der Waals surface area contributed by atoms with Crippen molar-refractivity contribution in [3.8, 4) is 23.0 Å². The van der Waals surface area contributed by atoms with Crippen molar-refractivity contribution >= 4 is 20.7 Å². The molecule has 0 saturated carbocycles. The van der Waals surface area contributed by atoms with E-state index >= 15 is 0 Å². The van der Waals surface area contributed by atoms with Gasteiger partial charge in [0, 0.05) is 5.56 Å². The molecule has 6 nitrogen and oxygen atoms in total. The van der Waals surface area contributed by atoms with Crippen molar-refractivity contribution in [1.29, 1.82) is 0 Å². The smallest absolute Gasteiger partial charge is 0.250 e. The Hall–Kier alpha value is -2.80. The molecule has 0 saturated heterocycles. The first-order valence-electron chi connectivity index (χ1n) is 9.38.